The van der Waals surface area contributed by atoms with Gasteiger partial charge < -0.3 is 9.30 Å². The van der Waals surface area contributed by atoms with Crippen molar-refractivity contribution in [2.75, 3.05) is 7.11 Å². The Labute approximate surface area is 238 Å². The lowest BCUT2D eigenvalue weighted by Gasteiger charge is -2.34. The number of rotatable bonds is 8. The number of benzene rings is 4. The highest BCUT2D eigenvalue weighted by Crippen LogP contribution is 2.46. The highest BCUT2D eigenvalue weighted by molar-refractivity contribution is 7.10. The van der Waals surface area contributed by atoms with E-state index >= 15 is 0 Å². The van der Waals surface area contributed by atoms with Crippen molar-refractivity contribution in [2.45, 2.75) is 25.3 Å². The van der Waals surface area contributed by atoms with E-state index in [1.165, 1.54) is 16.7 Å². The van der Waals surface area contributed by atoms with Gasteiger partial charge in [-0.3, -0.25) is 0 Å². The van der Waals surface area contributed by atoms with Gasteiger partial charge in [-0.2, -0.15) is 5.26 Å². The van der Waals surface area contributed by atoms with Crippen molar-refractivity contribution in [3.8, 4) is 11.8 Å². The van der Waals surface area contributed by atoms with Crippen LogP contribution in [-0.4, -0.2) is 16.7 Å². The van der Waals surface area contributed by atoms with Crippen molar-refractivity contribution in [1.82, 2.24) is 9.55 Å². The molecule has 0 saturated carbocycles. The van der Waals surface area contributed by atoms with Gasteiger partial charge in [-0.25, -0.2) is 4.98 Å². The Morgan fingerprint density at radius 1 is 0.850 bits per heavy atom. The Balaban J connectivity index is 1.43. The van der Waals surface area contributed by atoms with Gasteiger partial charge in [-0.15, -0.1) is 11.3 Å². The molecule has 5 heteroatoms. The molecular weight excluding hydrogens is 510 g/mol. The highest BCUT2D eigenvalue weighted by Gasteiger charge is 2.40. The molecule has 0 spiro atoms. The van der Waals surface area contributed by atoms with Crippen molar-refractivity contribution in [1.29, 1.82) is 5.26 Å². The molecule has 0 aliphatic carbocycles. The largest absolute Gasteiger partial charge is 0.496 e. The molecule has 2 aromatic heterocycles. The molecule has 2 heterocycles. The van der Waals surface area contributed by atoms with Gasteiger partial charge in [0.05, 0.1) is 18.2 Å². The summed E-state index contributed by atoms with van der Waals surface area (Å²) in [6.45, 7) is 2.70. The second-order valence-electron chi connectivity index (χ2n) is 9.86. The summed E-state index contributed by atoms with van der Waals surface area (Å²) < 4.78 is 7.61. The van der Waals surface area contributed by atoms with Gasteiger partial charge in [0.2, 0.25) is 0 Å². The fraction of sp³-hybridized carbons (Fsp3) is 0.143. The summed E-state index contributed by atoms with van der Waals surface area (Å²) >= 11 is 1.70. The second-order valence-corrected chi connectivity index (χ2v) is 10.7. The average molecular weight is 540 g/mol. The predicted octanol–water partition coefficient (Wildman–Crippen LogP) is 7.91. The zero-order valence-electron chi connectivity index (χ0n) is 22.5. The molecule has 6 rings (SSSR count). The molecule has 4 aromatic carbocycles. The molecular formula is C35H29N3OS. The van der Waals surface area contributed by atoms with Gasteiger partial charge in [0, 0.05) is 34.8 Å². The SMILES string of the molecule is COc1ccc2c(cc(C#N)n2CCc2csc(C(c3ccccc3)(c3ccccc3)c3ccccc3)n2)c1C. The van der Waals surface area contributed by atoms with E-state index in [9.17, 15) is 5.26 Å². The van der Waals surface area contributed by atoms with Crippen LogP contribution < -0.4 is 4.74 Å². The second kappa shape index (κ2) is 10.8. The normalized spacial score (nSPS) is 11.4. The summed E-state index contributed by atoms with van der Waals surface area (Å²) in [6.07, 6.45) is 0.717. The molecule has 0 radical (unpaired) electrons. The van der Waals surface area contributed by atoms with Crippen molar-refractivity contribution in [3.63, 3.8) is 0 Å². The molecule has 0 saturated heterocycles. The van der Waals surface area contributed by atoms with Gasteiger partial charge in [0.1, 0.15) is 22.5 Å². The molecule has 0 amide bonds. The lowest BCUT2D eigenvalue weighted by molar-refractivity contribution is 0.412. The quantitative estimate of drug-likeness (QED) is 0.185. The molecule has 0 aliphatic rings. The smallest absolute Gasteiger partial charge is 0.122 e. The molecule has 6 aromatic rings. The van der Waals surface area contributed by atoms with E-state index in [2.05, 4.69) is 107 Å². The van der Waals surface area contributed by atoms with E-state index in [4.69, 9.17) is 9.72 Å². The van der Waals surface area contributed by atoms with Gasteiger partial charge in [-0.1, -0.05) is 91.0 Å². The number of hydrogen-bond acceptors (Lipinski definition) is 4. The van der Waals surface area contributed by atoms with Gasteiger partial charge >= 0.3 is 0 Å². The molecule has 4 nitrogen and oxygen atoms in total. The van der Waals surface area contributed by atoms with Crippen LogP contribution in [0.4, 0.5) is 0 Å². The van der Waals surface area contributed by atoms with Crippen LogP contribution >= 0.6 is 11.3 Å². The Morgan fingerprint density at radius 3 is 1.95 bits per heavy atom. The van der Waals surface area contributed by atoms with Gasteiger partial charge in [0.15, 0.2) is 0 Å². The van der Waals surface area contributed by atoms with Crippen LogP contribution in [0, 0.1) is 18.3 Å². The lowest BCUT2D eigenvalue weighted by Crippen LogP contribution is -2.31. The Bertz CT molecular complexity index is 1700. The Kier molecular flexibility index (Phi) is 6.94. The number of ether oxygens (including phenoxy) is 1. The van der Waals surface area contributed by atoms with Crippen molar-refractivity contribution >= 4 is 22.2 Å². The zero-order valence-corrected chi connectivity index (χ0v) is 23.4. The van der Waals surface area contributed by atoms with E-state index in [0.717, 1.165) is 32.9 Å². The number of methoxy groups -OCH3 is 1. The molecule has 0 aliphatic heterocycles. The first-order valence-corrected chi connectivity index (χ1v) is 14.2. The fourth-order valence-corrected chi connectivity index (χ4v) is 6.88. The third-order valence-corrected chi connectivity index (χ3v) is 8.73. The first kappa shape index (κ1) is 25.6. The molecule has 40 heavy (non-hydrogen) atoms. The van der Waals surface area contributed by atoms with Crippen LogP contribution in [0.3, 0.4) is 0 Å². The molecule has 0 bridgehead atoms. The number of fused-ring (bicyclic) bond motifs is 1. The van der Waals surface area contributed by atoms with E-state index < -0.39 is 5.41 Å². The average Bonchev–Trinajstić information content (AvgIpc) is 3.63. The summed E-state index contributed by atoms with van der Waals surface area (Å²) in [5.74, 6) is 0.831. The van der Waals surface area contributed by atoms with Gasteiger partial charge in [-0.05, 0) is 41.8 Å². The monoisotopic (exact) mass is 539 g/mol. The van der Waals surface area contributed by atoms with Crippen LogP contribution in [0.15, 0.2) is 115 Å². The highest BCUT2D eigenvalue weighted by atomic mass is 32.1. The maximum Gasteiger partial charge on any atom is 0.122 e. The Hall–Kier alpha value is -4.66. The number of thiazole rings is 1. The van der Waals surface area contributed by atoms with Crippen molar-refractivity contribution in [2.24, 2.45) is 0 Å². The molecule has 196 valence electrons. The van der Waals surface area contributed by atoms with Crippen molar-refractivity contribution in [3.05, 3.63) is 153 Å². The number of nitriles is 1. The maximum absolute atomic E-state index is 9.91. The molecule has 0 unspecified atom stereocenters. The van der Waals surface area contributed by atoms with Crippen molar-refractivity contribution < 1.29 is 4.74 Å². The van der Waals surface area contributed by atoms with E-state index in [1.54, 1.807) is 18.4 Å². The van der Waals surface area contributed by atoms with Crippen LogP contribution in [0.25, 0.3) is 10.9 Å². The number of aromatic nitrogens is 2. The molecule has 0 fully saturated rings. The molecule has 0 N–H and O–H groups in total. The zero-order chi connectivity index (χ0) is 27.5. The minimum absolute atomic E-state index is 0.543. The third-order valence-electron chi connectivity index (χ3n) is 7.72. The van der Waals surface area contributed by atoms with Gasteiger partial charge in [0.25, 0.3) is 0 Å². The topological polar surface area (TPSA) is 50.8 Å². The summed E-state index contributed by atoms with van der Waals surface area (Å²) in [4.78, 5) is 5.29. The Morgan fingerprint density at radius 2 is 1.43 bits per heavy atom. The number of nitrogens with zero attached hydrogens (tertiary/aromatic N) is 3. The fourth-order valence-electron chi connectivity index (χ4n) is 5.77. The minimum Gasteiger partial charge on any atom is -0.496 e. The number of hydrogen-bond donors (Lipinski definition) is 0. The number of aryl methyl sites for hydroxylation is 3. The van der Waals surface area contributed by atoms with Crippen LogP contribution in [0.1, 0.15) is 38.6 Å². The van der Waals surface area contributed by atoms with E-state index in [0.29, 0.717) is 18.7 Å². The summed E-state index contributed by atoms with van der Waals surface area (Å²) in [6, 6.07) is 40.3. The van der Waals surface area contributed by atoms with Crippen LogP contribution in [-0.2, 0) is 18.4 Å². The predicted molar refractivity (Wildman–Crippen MR) is 162 cm³/mol. The molecule has 0 atom stereocenters. The van der Waals surface area contributed by atoms with Crippen LogP contribution in [0.2, 0.25) is 0 Å². The van der Waals surface area contributed by atoms with Crippen LogP contribution in [0.5, 0.6) is 5.75 Å². The van der Waals surface area contributed by atoms with E-state index in [1.807, 2.05) is 25.1 Å². The minimum atomic E-state index is -0.543. The summed E-state index contributed by atoms with van der Waals surface area (Å²) in [5, 5.41) is 14.2. The first-order valence-electron chi connectivity index (χ1n) is 13.3. The maximum atomic E-state index is 9.91. The lowest BCUT2D eigenvalue weighted by atomic mass is 9.70. The first-order chi connectivity index (χ1) is 19.7. The van der Waals surface area contributed by atoms with E-state index in [-0.39, 0.29) is 0 Å². The summed E-state index contributed by atoms with van der Waals surface area (Å²) in [7, 11) is 1.68. The standard InChI is InChI=1S/C35H29N3OS/c1-25-31-22-30(23-36)38(32(31)18-19-33(25)39-2)21-20-29-24-40-34(37-29)35(26-12-6-3-7-13-26,27-14-8-4-9-15-27)28-16-10-5-11-17-28/h3-19,22,24H,20-21H2,1-2H3. The summed E-state index contributed by atoms with van der Waals surface area (Å²) in [5.41, 5.74) is 6.75. The third kappa shape index (κ3) is 4.27.